The molecule has 0 bridgehead atoms. The van der Waals surface area contributed by atoms with Gasteiger partial charge in [-0.15, -0.1) is 0 Å². The number of benzene rings is 2. The Morgan fingerprint density at radius 2 is 1.76 bits per heavy atom. The second-order valence-corrected chi connectivity index (χ2v) is 5.38. The van der Waals surface area contributed by atoms with E-state index in [1.54, 1.807) is 12.1 Å². The monoisotopic (exact) mass is 276 g/mol. The van der Waals surface area contributed by atoms with Gasteiger partial charge in [0.2, 0.25) is 0 Å². The summed E-state index contributed by atoms with van der Waals surface area (Å²) in [4.78, 5) is 4.42. The highest BCUT2D eigenvalue weighted by Crippen LogP contribution is 2.14. The van der Waals surface area contributed by atoms with Crippen molar-refractivity contribution >= 4 is 11.9 Å². The molecule has 0 heterocycles. The molecule has 0 aromatic heterocycles. The van der Waals surface area contributed by atoms with Crippen molar-refractivity contribution in [2.45, 2.75) is 26.7 Å². The molecule has 1 unspecified atom stereocenters. The fourth-order valence-electron chi connectivity index (χ4n) is 2.06. The molecule has 2 aromatic rings. The van der Waals surface area contributed by atoms with E-state index in [1.165, 1.54) is 12.0 Å². The lowest BCUT2D eigenvalue weighted by Crippen LogP contribution is -1.97. The van der Waals surface area contributed by atoms with E-state index in [4.69, 9.17) is 5.26 Å². The van der Waals surface area contributed by atoms with Crippen LogP contribution in [0.2, 0.25) is 0 Å². The van der Waals surface area contributed by atoms with Crippen LogP contribution < -0.4 is 0 Å². The zero-order valence-electron chi connectivity index (χ0n) is 12.6. The number of rotatable bonds is 5. The molecule has 21 heavy (non-hydrogen) atoms. The van der Waals surface area contributed by atoms with Gasteiger partial charge in [0.15, 0.2) is 0 Å². The molecule has 2 rings (SSSR count). The maximum atomic E-state index is 8.75. The van der Waals surface area contributed by atoms with Gasteiger partial charge in [-0.25, -0.2) is 0 Å². The van der Waals surface area contributed by atoms with Gasteiger partial charge in [0.1, 0.15) is 0 Å². The first-order valence-corrected chi connectivity index (χ1v) is 7.34. The van der Waals surface area contributed by atoms with E-state index in [2.05, 4.69) is 49.2 Å². The highest BCUT2D eigenvalue weighted by molar-refractivity contribution is 5.81. The molecule has 0 radical (unpaired) electrons. The van der Waals surface area contributed by atoms with E-state index in [0.717, 1.165) is 23.6 Å². The second-order valence-electron chi connectivity index (χ2n) is 5.38. The van der Waals surface area contributed by atoms with Gasteiger partial charge in [-0.3, -0.25) is 4.99 Å². The van der Waals surface area contributed by atoms with Crippen molar-refractivity contribution in [3.8, 4) is 6.07 Å². The standard InChI is InChI=1S/C19H20N2/c1-3-15(2)12-16-4-6-18(7-5-16)14-21-19-10-8-17(13-20)9-11-19/h4-11,14-15H,3,12H2,1-2H3. The first-order valence-electron chi connectivity index (χ1n) is 7.34. The lowest BCUT2D eigenvalue weighted by Gasteiger charge is -2.08. The molecule has 0 amide bonds. The molecule has 106 valence electrons. The van der Waals surface area contributed by atoms with Crippen molar-refractivity contribution in [1.82, 2.24) is 0 Å². The Labute approximate surface area is 126 Å². The van der Waals surface area contributed by atoms with Crippen LogP contribution in [0.15, 0.2) is 53.5 Å². The van der Waals surface area contributed by atoms with Crippen LogP contribution in [0.4, 0.5) is 5.69 Å². The Hall–Kier alpha value is -2.40. The van der Waals surface area contributed by atoms with Crippen LogP contribution in [-0.2, 0) is 6.42 Å². The molecule has 2 aromatic carbocycles. The Bertz CT molecular complexity index is 631. The molecule has 2 nitrogen and oxygen atoms in total. The average Bonchev–Trinajstić information content (AvgIpc) is 2.54. The molecule has 0 N–H and O–H groups in total. The summed E-state index contributed by atoms with van der Waals surface area (Å²) in [5.74, 6) is 0.725. The smallest absolute Gasteiger partial charge is 0.0991 e. The first-order chi connectivity index (χ1) is 10.2. The third-order valence-corrected chi connectivity index (χ3v) is 3.62. The van der Waals surface area contributed by atoms with E-state index < -0.39 is 0 Å². The van der Waals surface area contributed by atoms with Crippen molar-refractivity contribution in [3.63, 3.8) is 0 Å². The molecule has 0 aliphatic rings. The lowest BCUT2D eigenvalue weighted by atomic mass is 9.98. The van der Waals surface area contributed by atoms with E-state index in [0.29, 0.717) is 5.56 Å². The maximum Gasteiger partial charge on any atom is 0.0991 e. The summed E-state index contributed by atoms with van der Waals surface area (Å²) in [5, 5.41) is 8.75. The maximum absolute atomic E-state index is 8.75. The number of nitrogens with zero attached hydrogens (tertiary/aromatic N) is 2. The summed E-state index contributed by atoms with van der Waals surface area (Å²) in [6, 6.07) is 17.9. The van der Waals surface area contributed by atoms with Gasteiger partial charge < -0.3 is 0 Å². The van der Waals surface area contributed by atoms with Crippen LogP contribution in [0.1, 0.15) is 37.0 Å². The van der Waals surface area contributed by atoms with Gasteiger partial charge in [-0.2, -0.15) is 5.26 Å². The van der Waals surface area contributed by atoms with Gasteiger partial charge in [0.05, 0.1) is 17.3 Å². The SMILES string of the molecule is CCC(C)Cc1ccc(C=Nc2ccc(C#N)cc2)cc1. The molecular formula is C19H20N2. The van der Waals surface area contributed by atoms with Crippen molar-refractivity contribution < 1.29 is 0 Å². The third-order valence-electron chi connectivity index (χ3n) is 3.62. The van der Waals surface area contributed by atoms with Gasteiger partial charge in [-0.05, 0) is 47.7 Å². The minimum Gasteiger partial charge on any atom is -0.256 e. The highest BCUT2D eigenvalue weighted by atomic mass is 14.7. The fraction of sp³-hybridized carbons (Fsp3) is 0.263. The van der Waals surface area contributed by atoms with E-state index >= 15 is 0 Å². The summed E-state index contributed by atoms with van der Waals surface area (Å²) in [7, 11) is 0. The quantitative estimate of drug-likeness (QED) is 0.716. The number of aliphatic imine (C=N–C) groups is 1. The molecule has 1 atom stereocenters. The first kappa shape index (κ1) is 15.0. The summed E-state index contributed by atoms with van der Waals surface area (Å²) in [6.07, 6.45) is 4.19. The van der Waals surface area contributed by atoms with Gasteiger partial charge in [0.25, 0.3) is 0 Å². The zero-order valence-corrected chi connectivity index (χ0v) is 12.6. The Morgan fingerprint density at radius 1 is 1.10 bits per heavy atom. The van der Waals surface area contributed by atoms with Crippen LogP contribution in [0.5, 0.6) is 0 Å². The summed E-state index contributed by atoms with van der Waals surface area (Å²) in [6.45, 7) is 4.50. The van der Waals surface area contributed by atoms with Crippen LogP contribution in [-0.4, -0.2) is 6.21 Å². The summed E-state index contributed by atoms with van der Waals surface area (Å²) < 4.78 is 0. The van der Waals surface area contributed by atoms with Crippen molar-refractivity contribution in [2.24, 2.45) is 10.9 Å². The topological polar surface area (TPSA) is 36.1 Å². The highest BCUT2D eigenvalue weighted by Gasteiger charge is 2.00. The predicted molar refractivity (Wildman–Crippen MR) is 88.0 cm³/mol. The lowest BCUT2D eigenvalue weighted by molar-refractivity contribution is 0.560. The van der Waals surface area contributed by atoms with Crippen LogP contribution >= 0.6 is 0 Å². The molecule has 0 fully saturated rings. The summed E-state index contributed by atoms with van der Waals surface area (Å²) >= 11 is 0. The minimum absolute atomic E-state index is 0.656. The Kier molecular flexibility index (Phi) is 5.29. The van der Waals surface area contributed by atoms with E-state index in [-0.39, 0.29) is 0 Å². The normalized spacial score (nSPS) is 12.2. The van der Waals surface area contributed by atoms with Gasteiger partial charge in [-0.1, -0.05) is 44.5 Å². The van der Waals surface area contributed by atoms with Crippen LogP contribution in [0.25, 0.3) is 0 Å². The van der Waals surface area contributed by atoms with E-state index in [1.807, 2.05) is 18.3 Å². The molecular weight excluding hydrogens is 256 g/mol. The zero-order chi connectivity index (χ0) is 15.1. The molecule has 0 saturated carbocycles. The third kappa shape index (κ3) is 4.57. The number of hydrogen-bond donors (Lipinski definition) is 0. The Balaban J connectivity index is 2.02. The summed E-state index contributed by atoms with van der Waals surface area (Å²) in [5.41, 5.74) is 3.98. The van der Waals surface area contributed by atoms with Crippen molar-refractivity contribution in [2.75, 3.05) is 0 Å². The van der Waals surface area contributed by atoms with Gasteiger partial charge >= 0.3 is 0 Å². The molecule has 0 aliphatic carbocycles. The van der Waals surface area contributed by atoms with Gasteiger partial charge in [0, 0.05) is 6.21 Å². The number of nitriles is 1. The van der Waals surface area contributed by atoms with E-state index in [9.17, 15) is 0 Å². The van der Waals surface area contributed by atoms with Crippen LogP contribution in [0.3, 0.4) is 0 Å². The van der Waals surface area contributed by atoms with Crippen molar-refractivity contribution in [3.05, 3.63) is 65.2 Å². The minimum atomic E-state index is 0.656. The predicted octanol–water partition coefficient (Wildman–Crippen LogP) is 4.90. The molecule has 0 spiro atoms. The number of hydrogen-bond acceptors (Lipinski definition) is 2. The Morgan fingerprint density at radius 3 is 2.33 bits per heavy atom. The molecule has 2 heteroatoms. The largest absolute Gasteiger partial charge is 0.256 e. The molecule has 0 saturated heterocycles. The van der Waals surface area contributed by atoms with Crippen LogP contribution in [0, 0.1) is 17.2 Å². The second kappa shape index (κ2) is 7.40. The van der Waals surface area contributed by atoms with Crippen molar-refractivity contribution in [1.29, 1.82) is 5.26 Å². The molecule has 0 aliphatic heterocycles. The average molecular weight is 276 g/mol. The fourth-order valence-corrected chi connectivity index (χ4v) is 2.06.